The van der Waals surface area contributed by atoms with Gasteiger partial charge in [0.25, 0.3) is 0 Å². The van der Waals surface area contributed by atoms with Gasteiger partial charge >= 0.3 is 7.05 Å². The number of anilines is 2. The van der Waals surface area contributed by atoms with Crippen molar-refractivity contribution >= 4 is 46.0 Å². The molecule has 33 heavy (non-hydrogen) atoms. The number of hydrogen-bond donors (Lipinski definition) is 0. The second-order valence-electron chi connectivity index (χ2n) is 8.53. The van der Waals surface area contributed by atoms with Crippen molar-refractivity contribution in [3.05, 3.63) is 97.3 Å². The van der Waals surface area contributed by atoms with E-state index in [9.17, 15) is 0 Å². The molecule has 0 saturated heterocycles. The highest BCUT2D eigenvalue weighted by atomic mass is 16.5. The number of para-hydroxylation sites is 2. The fourth-order valence-electron chi connectivity index (χ4n) is 5.32. The lowest BCUT2D eigenvalue weighted by Gasteiger charge is -2.27. The molecule has 0 fully saturated rings. The predicted octanol–water partition coefficient (Wildman–Crippen LogP) is 6.75. The van der Waals surface area contributed by atoms with Crippen LogP contribution < -0.4 is 14.9 Å². The van der Waals surface area contributed by atoms with Crippen LogP contribution in [0.15, 0.2) is 106 Å². The predicted molar refractivity (Wildman–Crippen MR) is 131 cm³/mol. The maximum absolute atomic E-state index is 6.43. The summed E-state index contributed by atoms with van der Waals surface area (Å²) in [6.07, 6.45) is 1.75. The third-order valence-electron chi connectivity index (χ3n) is 6.79. The summed E-state index contributed by atoms with van der Waals surface area (Å²) in [5, 5.41) is 2.25. The molecule has 0 spiro atoms. The Morgan fingerprint density at radius 1 is 0.697 bits per heavy atom. The Morgan fingerprint density at radius 2 is 1.55 bits per heavy atom. The number of fused-ring (bicyclic) bond motifs is 11. The van der Waals surface area contributed by atoms with Gasteiger partial charge in [0.1, 0.15) is 16.9 Å². The molecule has 4 heterocycles. The minimum atomic E-state index is -0.243. The van der Waals surface area contributed by atoms with E-state index in [4.69, 9.17) is 13.5 Å². The smallest absolute Gasteiger partial charge is 0.527 e. The molecule has 0 unspecified atom stereocenters. The van der Waals surface area contributed by atoms with Gasteiger partial charge in [-0.05, 0) is 40.9 Å². The zero-order valence-electron chi connectivity index (χ0n) is 17.5. The molecule has 2 aromatic heterocycles. The van der Waals surface area contributed by atoms with Crippen molar-refractivity contribution in [1.29, 1.82) is 0 Å². The quantitative estimate of drug-likeness (QED) is 0.273. The van der Waals surface area contributed by atoms with E-state index in [2.05, 4.69) is 71.5 Å². The van der Waals surface area contributed by atoms with Crippen LogP contribution in [0, 0.1) is 0 Å². The third kappa shape index (κ3) is 2.21. The third-order valence-corrected chi connectivity index (χ3v) is 6.79. The Labute approximate surface area is 189 Å². The fourth-order valence-corrected chi connectivity index (χ4v) is 5.32. The number of benzene rings is 4. The van der Waals surface area contributed by atoms with Crippen LogP contribution in [0.4, 0.5) is 11.6 Å². The number of nitrogens with zero attached hydrogens (tertiary/aromatic N) is 1. The van der Waals surface area contributed by atoms with Gasteiger partial charge in [-0.25, -0.2) is 0 Å². The molecular weight excluding hydrogens is 409 g/mol. The van der Waals surface area contributed by atoms with Gasteiger partial charge < -0.3 is 18.3 Å². The zero-order chi connectivity index (χ0) is 21.5. The molecule has 0 amide bonds. The van der Waals surface area contributed by atoms with Crippen molar-refractivity contribution < 1.29 is 13.5 Å². The van der Waals surface area contributed by atoms with Crippen LogP contribution in [0.3, 0.4) is 0 Å². The molecule has 4 aromatic carbocycles. The summed E-state index contributed by atoms with van der Waals surface area (Å²) in [7, 11) is -0.243. The first-order valence-corrected chi connectivity index (χ1v) is 11.0. The highest BCUT2D eigenvalue weighted by Gasteiger charge is 2.46. The van der Waals surface area contributed by atoms with Crippen molar-refractivity contribution in [1.82, 2.24) is 0 Å². The first-order chi connectivity index (χ1) is 16.4. The lowest BCUT2D eigenvalue weighted by Crippen LogP contribution is -2.50. The number of furan rings is 2. The first-order valence-electron chi connectivity index (χ1n) is 11.0. The maximum Gasteiger partial charge on any atom is 0.527 e. The van der Waals surface area contributed by atoms with Crippen LogP contribution in [-0.4, -0.2) is 7.05 Å². The normalized spacial score (nSPS) is 13.6. The minimum Gasteiger partial charge on any atom is -0.536 e. The van der Waals surface area contributed by atoms with Gasteiger partial charge in [-0.15, -0.1) is 0 Å². The summed E-state index contributed by atoms with van der Waals surface area (Å²) < 4.78 is 18.7. The van der Waals surface area contributed by atoms with Gasteiger partial charge in [0.15, 0.2) is 5.88 Å². The lowest BCUT2D eigenvalue weighted by atomic mass is 9.66. The first kappa shape index (κ1) is 17.2. The summed E-state index contributed by atoms with van der Waals surface area (Å²) >= 11 is 0. The van der Waals surface area contributed by atoms with E-state index in [0.29, 0.717) is 0 Å². The van der Waals surface area contributed by atoms with Crippen LogP contribution in [0.1, 0.15) is 0 Å². The molecule has 0 atom stereocenters. The minimum absolute atomic E-state index is 0.243. The number of rotatable bonds is 1. The van der Waals surface area contributed by atoms with Crippen molar-refractivity contribution in [2.45, 2.75) is 0 Å². The van der Waals surface area contributed by atoms with Crippen molar-refractivity contribution in [3.8, 4) is 28.0 Å². The standard InChI is InChI=1S/C28H16BNO3/c1-3-10-23-19(6-1)22-14-15-31-28(22)30-24-16-17(12-13-26(24)33-29(23)30)18-8-5-9-21-20-7-2-4-11-25(20)32-27(18)21/h1-16H. The topological polar surface area (TPSA) is 38.8 Å². The molecule has 0 radical (unpaired) electrons. The summed E-state index contributed by atoms with van der Waals surface area (Å²) in [4.78, 5) is 2.16. The van der Waals surface area contributed by atoms with Gasteiger partial charge in [0, 0.05) is 21.9 Å². The second kappa shape index (κ2) is 6.11. The lowest BCUT2D eigenvalue weighted by molar-refractivity contribution is 0.569. The zero-order valence-corrected chi connectivity index (χ0v) is 17.5. The van der Waals surface area contributed by atoms with Crippen molar-refractivity contribution in [2.75, 3.05) is 4.81 Å². The second-order valence-corrected chi connectivity index (χ2v) is 8.53. The molecule has 6 aromatic rings. The van der Waals surface area contributed by atoms with Crippen molar-refractivity contribution in [2.24, 2.45) is 0 Å². The van der Waals surface area contributed by atoms with Gasteiger partial charge in [-0.1, -0.05) is 66.7 Å². The van der Waals surface area contributed by atoms with Crippen LogP contribution in [0.25, 0.3) is 44.2 Å². The largest absolute Gasteiger partial charge is 0.536 e. The van der Waals surface area contributed by atoms with Crippen LogP contribution in [0.2, 0.25) is 0 Å². The van der Waals surface area contributed by atoms with E-state index in [1.807, 2.05) is 24.3 Å². The summed E-state index contributed by atoms with van der Waals surface area (Å²) in [6, 6.07) is 31.2. The van der Waals surface area contributed by atoms with Crippen molar-refractivity contribution in [3.63, 3.8) is 0 Å². The molecule has 0 aliphatic carbocycles. The SMILES string of the molecule is c1ccc2c(c1)B1Oc3ccc(-c4cccc5c4oc4ccccc45)cc3N1c1occc1-2. The molecular formula is C28H16BNO3. The van der Waals surface area contributed by atoms with E-state index in [1.54, 1.807) is 6.26 Å². The monoisotopic (exact) mass is 425 g/mol. The summed E-state index contributed by atoms with van der Waals surface area (Å²) in [5.74, 6) is 1.66. The Morgan fingerprint density at radius 3 is 2.55 bits per heavy atom. The molecule has 8 rings (SSSR count). The molecule has 2 aliphatic rings. The molecule has 0 N–H and O–H groups in total. The van der Waals surface area contributed by atoms with Gasteiger partial charge in [0.2, 0.25) is 0 Å². The van der Waals surface area contributed by atoms with E-state index < -0.39 is 0 Å². The summed E-state index contributed by atoms with van der Waals surface area (Å²) in [5.41, 5.74) is 8.32. The molecule has 2 aliphatic heterocycles. The van der Waals surface area contributed by atoms with Crippen LogP contribution >= 0.6 is 0 Å². The Kier molecular flexibility index (Phi) is 3.19. The van der Waals surface area contributed by atoms with Crippen LogP contribution in [0.5, 0.6) is 5.75 Å². The maximum atomic E-state index is 6.43. The Balaban J connectivity index is 1.34. The average molecular weight is 425 g/mol. The van der Waals surface area contributed by atoms with E-state index in [0.717, 1.165) is 67.0 Å². The van der Waals surface area contributed by atoms with E-state index in [-0.39, 0.29) is 7.05 Å². The Bertz CT molecular complexity index is 1730. The van der Waals surface area contributed by atoms with E-state index >= 15 is 0 Å². The highest BCUT2D eigenvalue weighted by molar-refractivity contribution is 6.76. The molecule has 0 saturated carbocycles. The van der Waals surface area contributed by atoms with Gasteiger partial charge in [-0.2, -0.15) is 0 Å². The molecule has 5 heteroatoms. The average Bonchev–Trinajstić information content (AvgIpc) is 3.58. The molecule has 4 nitrogen and oxygen atoms in total. The summed E-state index contributed by atoms with van der Waals surface area (Å²) in [6.45, 7) is 0. The highest BCUT2D eigenvalue weighted by Crippen LogP contribution is 2.49. The number of hydrogen-bond acceptors (Lipinski definition) is 4. The molecule has 0 bridgehead atoms. The Hall–Kier alpha value is -4.38. The van der Waals surface area contributed by atoms with Crippen LogP contribution in [-0.2, 0) is 0 Å². The van der Waals surface area contributed by atoms with Gasteiger partial charge in [-0.3, -0.25) is 0 Å². The van der Waals surface area contributed by atoms with Gasteiger partial charge in [0.05, 0.1) is 12.0 Å². The molecule has 154 valence electrons. The fraction of sp³-hybridized carbons (Fsp3) is 0. The van der Waals surface area contributed by atoms with E-state index in [1.165, 1.54) is 0 Å².